The van der Waals surface area contributed by atoms with Gasteiger partial charge in [-0.3, -0.25) is 0 Å². The predicted molar refractivity (Wildman–Crippen MR) is 156 cm³/mol. The molecule has 3 heterocycles. The van der Waals surface area contributed by atoms with Gasteiger partial charge in [-0.15, -0.1) is 0 Å². The number of amidine groups is 2. The zero-order chi connectivity index (χ0) is 26.3. The van der Waals surface area contributed by atoms with Crippen molar-refractivity contribution in [3.8, 4) is 11.4 Å². The molecule has 0 fully saturated rings. The number of hydrogen-bond donors (Lipinski definition) is 1. The summed E-state index contributed by atoms with van der Waals surface area (Å²) in [5.74, 6) is 3.00. The molecule has 7 nitrogen and oxygen atoms in total. The topological polar surface area (TPSA) is 67.0 Å². The molecule has 1 N–H and O–H groups in total. The molecule has 0 saturated carbocycles. The molecular weight excluding hydrogens is 484 g/mol. The first-order chi connectivity index (χ1) is 19.2. The number of ether oxygens (including phenoxy) is 1. The summed E-state index contributed by atoms with van der Waals surface area (Å²) in [7, 11) is 1.70. The monoisotopic (exact) mass is 510 g/mol. The zero-order valence-corrected chi connectivity index (χ0v) is 21.6. The molecule has 0 spiro atoms. The molecule has 0 aliphatic carbocycles. The molecule has 39 heavy (non-hydrogen) atoms. The molecule has 0 saturated heterocycles. The van der Waals surface area contributed by atoms with Crippen molar-refractivity contribution in [2.75, 3.05) is 17.3 Å². The molecule has 0 unspecified atom stereocenters. The van der Waals surface area contributed by atoms with Gasteiger partial charge in [0.15, 0.2) is 17.5 Å². The van der Waals surface area contributed by atoms with Crippen LogP contribution in [0.15, 0.2) is 119 Å². The normalized spacial score (nSPS) is 15.4. The van der Waals surface area contributed by atoms with Gasteiger partial charge in [-0.25, -0.2) is 14.7 Å². The van der Waals surface area contributed by atoms with Crippen LogP contribution >= 0.6 is 0 Å². The van der Waals surface area contributed by atoms with E-state index in [0.717, 1.165) is 57.0 Å². The number of hydrogen-bond acceptors (Lipinski definition) is 6. The molecule has 7 heteroatoms. The second-order valence-corrected chi connectivity index (χ2v) is 9.49. The van der Waals surface area contributed by atoms with Gasteiger partial charge in [0.2, 0.25) is 0 Å². The van der Waals surface area contributed by atoms with Gasteiger partial charge >= 0.3 is 0 Å². The van der Waals surface area contributed by atoms with Crippen LogP contribution in [0.2, 0.25) is 0 Å². The number of aryl methyl sites for hydroxylation is 1. The number of anilines is 2. The minimum Gasteiger partial charge on any atom is -0.497 e. The maximum Gasteiger partial charge on any atom is 0.179 e. The van der Waals surface area contributed by atoms with Crippen LogP contribution in [0.4, 0.5) is 22.9 Å². The van der Waals surface area contributed by atoms with Crippen LogP contribution in [-0.4, -0.2) is 28.6 Å². The second-order valence-electron chi connectivity index (χ2n) is 9.49. The van der Waals surface area contributed by atoms with E-state index in [4.69, 9.17) is 19.8 Å². The Hall–Kier alpha value is -5.17. The molecule has 190 valence electrons. The van der Waals surface area contributed by atoms with Crippen molar-refractivity contribution in [2.45, 2.75) is 13.0 Å². The van der Waals surface area contributed by atoms with E-state index in [9.17, 15) is 0 Å². The maximum absolute atomic E-state index is 5.64. The van der Waals surface area contributed by atoms with Gasteiger partial charge in [-0.1, -0.05) is 60.7 Å². The average molecular weight is 511 g/mol. The van der Waals surface area contributed by atoms with Gasteiger partial charge < -0.3 is 15.0 Å². The first-order valence-electron chi connectivity index (χ1n) is 12.9. The van der Waals surface area contributed by atoms with Gasteiger partial charge in [-0.05, 0) is 61.0 Å². The Morgan fingerprint density at radius 3 is 2.33 bits per heavy atom. The number of aromatic nitrogens is 2. The van der Waals surface area contributed by atoms with Gasteiger partial charge in [0.25, 0.3) is 0 Å². The first kappa shape index (κ1) is 23.0. The van der Waals surface area contributed by atoms with E-state index in [1.807, 2.05) is 95.7 Å². The molecule has 4 aromatic carbocycles. The molecule has 0 amide bonds. The van der Waals surface area contributed by atoms with E-state index >= 15 is 0 Å². The van der Waals surface area contributed by atoms with E-state index < -0.39 is 0 Å². The number of nitrogens with zero attached hydrogens (tertiary/aromatic N) is 5. The lowest BCUT2D eigenvalue weighted by atomic mass is 9.93. The highest BCUT2D eigenvalue weighted by molar-refractivity contribution is 6.51. The number of fused-ring (bicyclic) bond motifs is 4. The van der Waals surface area contributed by atoms with Crippen LogP contribution in [0, 0.1) is 6.92 Å². The van der Waals surface area contributed by atoms with Gasteiger partial charge in [-0.2, -0.15) is 5.10 Å². The minimum atomic E-state index is -0.204. The van der Waals surface area contributed by atoms with Crippen molar-refractivity contribution in [3.63, 3.8) is 0 Å². The smallest absolute Gasteiger partial charge is 0.179 e. The van der Waals surface area contributed by atoms with Crippen LogP contribution < -0.4 is 15.0 Å². The number of benzene rings is 4. The number of aliphatic imine (C=N–C) groups is 2. The highest BCUT2D eigenvalue weighted by Gasteiger charge is 2.41. The second kappa shape index (κ2) is 9.29. The fourth-order valence-corrected chi connectivity index (χ4v) is 5.33. The summed E-state index contributed by atoms with van der Waals surface area (Å²) in [5, 5.41) is 8.53. The Morgan fingerprint density at radius 1 is 0.795 bits per heavy atom. The molecule has 5 aromatic rings. The predicted octanol–water partition coefficient (Wildman–Crippen LogP) is 6.98. The number of nitrogens with one attached hydrogen (secondary N) is 1. The van der Waals surface area contributed by atoms with Crippen LogP contribution in [0.1, 0.15) is 22.9 Å². The third-order valence-corrected chi connectivity index (χ3v) is 7.09. The van der Waals surface area contributed by atoms with Crippen molar-refractivity contribution in [2.24, 2.45) is 9.98 Å². The molecule has 1 atom stereocenters. The Bertz CT molecular complexity index is 1740. The summed E-state index contributed by atoms with van der Waals surface area (Å²) in [6, 6.07) is 36.4. The summed E-state index contributed by atoms with van der Waals surface area (Å²) < 4.78 is 7.57. The van der Waals surface area contributed by atoms with E-state index in [0.29, 0.717) is 5.84 Å². The van der Waals surface area contributed by atoms with Gasteiger partial charge in [0.1, 0.15) is 5.75 Å². The fraction of sp³-hybridized carbons (Fsp3) is 0.0938. The van der Waals surface area contributed by atoms with Crippen LogP contribution in [-0.2, 0) is 0 Å². The summed E-state index contributed by atoms with van der Waals surface area (Å²) in [6.45, 7) is 2.05. The molecular formula is C32H26N6O. The Balaban J connectivity index is 1.51. The largest absolute Gasteiger partial charge is 0.497 e. The van der Waals surface area contributed by atoms with Crippen molar-refractivity contribution in [1.29, 1.82) is 0 Å². The molecule has 2 aliphatic heterocycles. The molecule has 7 rings (SSSR count). The van der Waals surface area contributed by atoms with E-state index in [1.165, 1.54) is 0 Å². The summed E-state index contributed by atoms with van der Waals surface area (Å²) in [4.78, 5) is 12.6. The number of methoxy groups -OCH3 is 1. The van der Waals surface area contributed by atoms with Crippen LogP contribution in [0.3, 0.4) is 0 Å². The lowest BCUT2D eigenvalue weighted by Gasteiger charge is -2.40. The SMILES string of the molecule is COc1cccc([C@@H]2c3c(C)nn(-c4ccccc4)c3N=C3C(Nc4ccccc4)=Nc4ccccc4N32)c1. The van der Waals surface area contributed by atoms with Gasteiger partial charge in [0.05, 0.1) is 35.9 Å². The Labute approximate surface area is 226 Å². The zero-order valence-electron chi connectivity index (χ0n) is 21.6. The third kappa shape index (κ3) is 3.87. The third-order valence-electron chi connectivity index (χ3n) is 7.09. The number of rotatable bonds is 4. The summed E-state index contributed by atoms with van der Waals surface area (Å²) >= 11 is 0. The molecule has 0 radical (unpaired) electrons. The Morgan fingerprint density at radius 2 is 1.54 bits per heavy atom. The Kier molecular flexibility index (Phi) is 5.48. The molecule has 1 aromatic heterocycles. The minimum absolute atomic E-state index is 0.204. The van der Waals surface area contributed by atoms with Crippen LogP contribution in [0.5, 0.6) is 5.75 Å². The average Bonchev–Trinajstić information content (AvgIpc) is 3.33. The van der Waals surface area contributed by atoms with E-state index in [-0.39, 0.29) is 6.04 Å². The maximum atomic E-state index is 5.64. The first-order valence-corrected chi connectivity index (χ1v) is 12.9. The van der Waals surface area contributed by atoms with Crippen LogP contribution in [0.25, 0.3) is 5.69 Å². The van der Waals surface area contributed by atoms with Crippen molar-refractivity contribution in [1.82, 2.24) is 9.78 Å². The fourth-order valence-electron chi connectivity index (χ4n) is 5.33. The summed E-state index contributed by atoms with van der Waals surface area (Å²) in [6.07, 6.45) is 0. The lowest BCUT2D eigenvalue weighted by Crippen LogP contribution is -2.46. The highest BCUT2D eigenvalue weighted by atomic mass is 16.5. The molecule has 2 aliphatic rings. The quantitative estimate of drug-likeness (QED) is 0.283. The highest BCUT2D eigenvalue weighted by Crippen LogP contribution is 2.48. The lowest BCUT2D eigenvalue weighted by molar-refractivity contribution is 0.414. The van der Waals surface area contributed by atoms with Crippen molar-refractivity contribution >= 4 is 34.6 Å². The van der Waals surface area contributed by atoms with Gasteiger partial charge in [0, 0.05) is 11.3 Å². The van der Waals surface area contributed by atoms with Crippen molar-refractivity contribution < 1.29 is 4.74 Å². The number of para-hydroxylation sites is 4. The van der Waals surface area contributed by atoms with E-state index in [2.05, 4.69) is 35.3 Å². The van der Waals surface area contributed by atoms with Crippen molar-refractivity contribution in [3.05, 3.63) is 126 Å². The standard InChI is InChI=1S/C32H26N6O/c1-21-28-29(22-12-11-17-25(20-22)39-2)37-27-19-10-9-18-26(27)34-30(33-23-13-5-3-6-14-23)32(37)35-31(28)38(36-21)24-15-7-4-8-16-24/h3-20,29H,1-2H3,(H,33,34)/t29-/m1/s1. The molecule has 0 bridgehead atoms. The summed E-state index contributed by atoms with van der Waals surface area (Å²) in [5.41, 5.74) is 6.80. The van der Waals surface area contributed by atoms with E-state index in [1.54, 1.807) is 7.11 Å².